The molecular formula is C38H23N3. The van der Waals surface area contributed by atoms with Gasteiger partial charge in [-0.05, 0) is 57.6 Å². The van der Waals surface area contributed by atoms with Gasteiger partial charge in [0.05, 0.1) is 27.8 Å². The Morgan fingerprint density at radius 3 is 1.68 bits per heavy atom. The molecule has 0 N–H and O–H groups in total. The minimum Gasteiger partial charge on any atom is -0.309 e. The molecule has 0 unspecified atom stereocenters. The molecule has 0 bridgehead atoms. The van der Waals surface area contributed by atoms with Gasteiger partial charge >= 0.3 is 0 Å². The molecule has 0 saturated carbocycles. The molecule has 1 aliphatic rings. The summed E-state index contributed by atoms with van der Waals surface area (Å²) in [5.41, 5.74) is 14.9. The lowest BCUT2D eigenvalue weighted by Crippen LogP contribution is -2.03. The summed E-state index contributed by atoms with van der Waals surface area (Å²) in [7, 11) is 0. The molecule has 0 radical (unpaired) electrons. The van der Waals surface area contributed by atoms with Crippen molar-refractivity contribution >= 4 is 32.8 Å². The summed E-state index contributed by atoms with van der Waals surface area (Å²) in [5.74, 6) is 0. The van der Waals surface area contributed by atoms with Crippen LogP contribution >= 0.6 is 0 Å². The Bertz CT molecular complexity index is 2270. The minimum atomic E-state index is 0.894. The molecule has 1 aliphatic carbocycles. The van der Waals surface area contributed by atoms with Gasteiger partial charge in [0.15, 0.2) is 0 Å². The summed E-state index contributed by atoms with van der Waals surface area (Å²) in [6.45, 7) is 0. The highest BCUT2D eigenvalue weighted by Gasteiger charge is 2.27. The smallest absolute Gasteiger partial charge is 0.0971 e. The molecule has 2 aromatic heterocycles. The van der Waals surface area contributed by atoms with Crippen LogP contribution in [0.1, 0.15) is 0 Å². The number of hydrogen-bond acceptors (Lipinski definition) is 2. The van der Waals surface area contributed by atoms with Crippen LogP contribution in [0, 0.1) is 0 Å². The molecule has 0 fully saturated rings. The largest absolute Gasteiger partial charge is 0.309 e. The summed E-state index contributed by atoms with van der Waals surface area (Å²) < 4.78 is 2.43. The van der Waals surface area contributed by atoms with E-state index in [-0.39, 0.29) is 0 Å². The zero-order chi connectivity index (χ0) is 26.9. The molecule has 3 nitrogen and oxygen atoms in total. The summed E-state index contributed by atoms with van der Waals surface area (Å²) in [4.78, 5) is 9.62. The molecule has 9 rings (SSSR count). The van der Waals surface area contributed by atoms with Gasteiger partial charge in [-0.15, -0.1) is 0 Å². The Balaban J connectivity index is 1.53. The fourth-order valence-electron chi connectivity index (χ4n) is 6.82. The first-order chi connectivity index (χ1) is 20.4. The molecule has 0 saturated heterocycles. The number of fused-ring (bicyclic) bond motifs is 13. The molecular weight excluding hydrogens is 498 g/mol. The van der Waals surface area contributed by atoms with Crippen LogP contribution in [-0.4, -0.2) is 14.5 Å². The van der Waals surface area contributed by atoms with E-state index < -0.39 is 0 Å². The summed E-state index contributed by atoms with van der Waals surface area (Å²) in [5, 5.41) is 2.50. The maximum Gasteiger partial charge on any atom is 0.0971 e. The standard InChI is InChI=1S/C38H23N3/c1-2-11-25-24(10-1)26-12-3-4-15-30(26)37-31(20-21-32-38(37)40-23-22-39-32)36-29(25)16-9-19-35(36)41-33-17-7-5-13-27(33)28-14-6-8-18-34(28)41/h1-23H. The van der Waals surface area contributed by atoms with Crippen molar-refractivity contribution in [3.63, 3.8) is 0 Å². The van der Waals surface area contributed by atoms with Crippen molar-refractivity contribution in [1.29, 1.82) is 0 Å². The van der Waals surface area contributed by atoms with Crippen molar-refractivity contribution in [2.45, 2.75) is 0 Å². The van der Waals surface area contributed by atoms with Gasteiger partial charge in [0.2, 0.25) is 0 Å². The zero-order valence-corrected chi connectivity index (χ0v) is 22.1. The molecule has 3 heteroatoms. The van der Waals surface area contributed by atoms with E-state index >= 15 is 0 Å². The second-order valence-corrected chi connectivity index (χ2v) is 10.6. The van der Waals surface area contributed by atoms with Gasteiger partial charge in [-0.3, -0.25) is 9.97 Å². The molecule has 0 atom stereocenters. The number of benzene rings is 6. The molecule has 6 aromatic carbocycles. The summed E-state index contributed by atoms with van der Waals surface area (Å²) in [6, 6.07) is 46.0. The zero-order valence-electron chi connectivity index (χ0n) is 22.1. The topological polar surface area (TPSA) is 30.7 Å². The van der Waals surface area contributed by atoms with Crippen LogP contribution in [0.5, 0.6) is 0 Å². The van der Waals surface area contributed by atoms with Crippen molar-refractivity contribution in [1.82, 2.24) is 14.5 Å². The number of rotatable bonds is 1. The summed E-state index contributed by atoms with van der Waals surface area (Å²) >= 11 is 0. The lowest BCUT2D eigenvalue weighted by Gasteiger charge is -2.26. The maximum atomic E-state index is 4.92. The predicted molar refractivity (Wildman–Crippen MR) is 169 cm³/mol. The van der Waals surface area contributed by atoms with Gasteiger partial charge in [0, 0.05) is 34.3 Å². The molecule has 2 heterocycles. The minimum absolute atomic E-state index is 0.894. The number of nitrogens with zero attached hydrogens (tertiary/aromatic N) is 3. The lowest BCUT2D eigenvalue weighted by molar-refractivity contribution is 1.18. The van der Waals surface area contributed by atoms with Gasteiger partial charge in [-0.1, -0.05) is 103 Å². The van der Waals surface area contributed by atoms with Crippen molar-refractivity contribution < 1.29 is 0 Å². The van der Waals surface area contributed by atoms with Crippen LogP contribution in [0.3, 0.4) is 0 Å². The third-order valence-electron chi connectivity index (χ3n) is 8.48. The Kier molecular flexibility index (Phi) is 4.61. The lowest BCUT2D eigenvalue weighted by atomic mass is 9.80. The van der Waals surface area contributed by atoms with Gasteiger partial charge < -0.3 is 4.57 Å². The van der Waals surface area contributed by atoms with Crippen molar-refractivity contribution in [3.05, 3.63) is 140 Å². The van der Waals surface area contributed by atoms with E-state index in [4.69, 9.17) is 9.97 Å². The Labute approximate surface area is 237 Å². The first-order valence-corrected chi connectivity index (χ1v) is 13.9. The highest BCUT2D eigenvalue weighted by Crippen LogP contribution is 2.51. The van der Waals surface area contributed by atoms with Crippen LogP contribution in [0.4, 0.5) is 0 Å². The Morgan fingerprint density at radius 2 is 0.951 bits per heavy atom. The normalized spacial score (nSPS) is 11.9. The van der Waals surface area contributed by atoms with Gasteiger partial charge in [-0.25, -0.2) is 0 Å². The molecule has 0 spiro atoms. The van der Waals surface area contributed by atoms with E-state index in [1.165, 1.54) is 55.2 Å². The van der Waals surface area contributed by atoms with E-state index in [1.54, 1.807) is 12.4 Å². The van der Waals surface area contributed by atoms with Crippen molar-refractivity contribution in [3.8, 4) is 50.2 Å². The Hall–Kier alpha value is -5.54. The average molecular weight is 522 g/mol. The third kappa shape index (κ3) is 3.09. The van der Waals surface area contributed by atoms with Crippen LogP contribution in [0.15, 0.2) is 140 Å². The molecule has 8 aromatic rings. The highest BCUT2D eigenvalue weighted by molar-refractivity contribution is 6.14. The number of hydrogen-bond donors (Lipinski definition) is 0. The fourth-order valence-corrected chi connectivity index (χ4v) is 6.82. The van der Waals surface area contributed by atoms with Crippen LogP contribution in [-0.2, 0) is 0 Å². The first kappa shape index (κ1) is 22.3. The van der Waals surface area contributed by atoms with Crippen molar-refractivity contribution in [2.75, 3.05) is 0 Å². The van der Waals surface area contributed by atoms with Gasteiger partial charge in [0.1, 0.15) is 0 Å². The number of aromatic nitrogens is 3. The second-order valence-electron chi connectivity index (χ2n) is 10.6. The van der Waals surface area contributed by atoms with Gasteiger partial charge in [-0.2, -0.15) is 0 Å². The Morgan fingerprint density at radius 1 is 0.390 bits per heavy atom. The maximum absolute atomic E-state index is 4.92. The van der Waals surface area contributed by atoms with E-state index in [0.717, 1.165) is 27.8 Å². The average Bonchev–Trinajstić information content (AvgIpc) is 3.37. The monoisotopic (exact) mass is 521 g/mol. The van der Waals surface area contributed by atoms with E-state index in [0.29, 0.717) is 0 Å². The van der Waals surface area contributed by atoms with E-state index in [9.17, 15) is 0 Å². The van der Waals surface area contributed by atoms with Crippen LogP contribution in [0.25, 0.3) is 83.0 Å². The first-order valence-electron chi connectivity index (χ1n) is 13.9. The second kappa shape index (κ2) is 8.48. The highest BCUT2D eigenvalue weighted by atomic mass is 15.0. The summed E-state index contributed by atoms with van der Waals surface area (Å²) in [6.07, 6.45) is 3.58. The quantitative estimate of drug-likeness (QED) is 0.215. The molecule has 0 aliphatic heterocycles. The third-order valence-corrected chi connectivity index (χ3v) is 8.48. The van der Waals surface area contributed by atoms with E-state index in [2.05, 4.69) is 132 Å². The van der Waals surface area contributed by atoms with Crippen LogP contribution in [0.2, 0.25) is 0 Å². The molecule has 0 amide bonds. The predicted octanol–water partition coefficient (Wildman–Crippen LogP) is 9.71. The van der Waals surface area contributed by atoms with Crippen molar-refractivity contribution in [2.24, 2.45) is 0 Å². The molecule has 190 valence electrons. The fraction of sp³-hybridized carbons (Fsp3) is 0. The van der Waals surface area contributed by atoms with E-state index in [1.807, 2.05) is 0 Å². The molecule has 41 heavy (non-hydrogen) atoms. The number of para-hydroxylation sites is 2. The SMILES string of the molecule is c1ccc2c(c1)-c1ccccc1-c1c(ccc3nccnc13)-c1c-2cccc1-n1c2ccccc2c2ccccc21. The van der Waals surface area contributed by atoms with Crippen LogP contribution < -0.4 is 0 Å². The van der Waals surface area contributed by atoms with Gasteiger partial charge in [0.25, 0.3) is 0 Å².